The minimum Gasteiger partial charge on any atom is -0.324 e. The predicted octanol–water partition coefficient (Wildman–Crippen LogP) is 2.81. The van der Waals surface area contributed by atoms with Crippen molar-refractivity contribution >= 4 is 21.6 Å². The van der Waals surface area contributed by atoms with Crippen molar-refractivity contribution in [2.75, 3.05) is 18.1 Å². The van der Waals surface area contributed by atoms with Gasteiger partial charge < -0.3 is 5.32 Å². The Morgan fingerprint density at radius 2 is 1.61 bits per heavy atom. The molecule has 0 radical (unpaired) electrons. The van der Waals surface area contributed by atoms with Crippen molar-refractivity contribution in [2.24, 2.45) is 0 Å². The maximum atomic E-state index is 12.4. The molecule has 0 heterocycles. The van der Waals surface area contributed by atoms with E-state index in [0.717, 1.165) is 35.9 Å². The molecule has 5 nitrogen and oxygen atoms in total. The summed E-state index contributed by atoms with van der Waals surface area (Å²) in [7, 11) is -3.47. The molecule has 1 aromatic rings. The van der Waals surface area contributed by atoms with Gasteiger partial charge in [-0.2, -0.15) is 4.31 Å². The number of anilines is 1. The lowest BCUT2D eigenvalue weighted by molar-refractivity contribution is -0.117. The third-order valence-corrected chi connectivity index (χ3v) is 5.18. The second-order valence-corrected chi connectivity index (χ2v) is 8.55. The van der Waals surface area contributed by atoms with E-state index in [0.29, 0.717) is 0 Å². The Hall–Kier alpha value is -1.40. The number of rotatable bonds is 6. The topological polar surface area (TPSA) is 66.5 Å². The van der Waals surface area contributed by atoms with Gasteiger partial charge in [0.1, 0.15) is 0 Å². The normalized spacial score (nSPS) is 12.5. The van der Waals surface area contributed by atoms with Crippen LogP contribution in [0.2, 0.25) is 0 Å². The zero-order chi connectivity index (χ0) is 17.8. The van der Waals surface area contributed by atoms with Gasteiger partial charge in [-0.1, -0.05) is 32.0 Å². The first-order valence-electron chi connectivity index (χ1n) is 7.89. The fourth-order valence-electron chi connectivity index (χ4n) is 2.56. The zero-order valence-electron chi connectivity index (χ0n) is 14.9. The van der Waals surface area contributed by atoms with Crippen LogP contribution < -0.4 is 5.32 Å². The van der Waals surface area contributed by atoms with Crippen molar-refractivity contribution in [3.63, 3.8) is 0 Å². The average molecular weight is 340 g/mol. The molecule has 1 N–H and O–H groups in total. The molecule has 0 fully saturated rings. The Balaban J connectivity index is 3.05. The third kappa shape index (κ3) is 5.32. The minimum absolute atomic E-state index is 0.191. The first-order valence-corrected chi connectivity index (χ1v) is 9.74. The lowest BCUT2D eigenvalue weighted by Crippen LogP contribution is -2.48. The third-order valence-electron chi connectivity index (χ3n) is 3.70. The quantitative estimate of drug-likeness (QED) is 0.866. The SMILES string of the molecule is CCc1cccc(CC)c1NC(=O)CN(C(C)(C)C)S(C)(=O)=O. The highest BCUT2D eigenvalue weighted by Gasteiger charge is 2.31. The summed E-state index contributed by atoms with van der Waals surface area (Å²) in [6.45, 7) is 9.20. The maximum Gasteiger partial charge on any atom is 0.239 e. The molecule has 1 rings (SSSR count). The highest BCUT2D eigenvalue weighted by molar-refractivity contribution is 7.88. The van der Waals surface area contributed by atoms with E-state index in [4.69, 9.17) is 0 Å². The van der Waals surface area contributed by atoms with Gasteiger partial charge in [-0.05, 0) is 44.7 Å². The molecule has 6 heteroatoms. The van der Waals surface area contributed by atoms with Gasteiger partial charge >= 0.3 is 0 Å². The Bertz CT molecular complexity index is 639. The Kier molecular flexibility index (Phi) is 6.36. The molecule has 0 spiro atoms. The monoisotopic (exact) mass is 340 g/mol. The van der Waals surface area contributed by atoms with Crippen LogP contribution in [0.5, 0.6) is 0 Å². The molecule has 0 bridgehead atoms. The van der Waals surface area contributed by atoms with E-state index in [1.807, 2.05) is 32.0 Å². The number of carbonyl (C=O) groups is 1. The molecule has 0 aromatic heterocycles. The fraction of sp³-hybridized carbons (Fsp3) is 0.588. The first kappa shape index (κ1) is 19.6. The van der Waals surface area contributed by atoms with Gasteiger partial charge in [-0.3, -0.25) is 4.79 Å². The van der Waals surface area contributed by atoms with E-state index in [-0.39, 0.29) is 12.5 Å². The standard InChI is InChI=1S/C17H28N2O3S/c1-7-13-10-9-11-14(8-2)16(13)18-15(20)12-19(17(3,4)5)23(6,21)22/h9-11H,7-8,12H2,1-6H3,(H,18,20). The van der Waals surface area contributed by atoms with Gasteiger partial charge in [0.05, 0.1) is 12.8 Å². The Morgan fingerprint density at radius 3 is 1.96 bits per heavy atom. The fourth-order valence-corrected chi connectivity index (χ4v) is 3.91. The number of hydrogen-bond donors (Lipinski definition) is 1. The molecule has 130 valence electrons. The second-order valence-electron chi connectivity index (χ2n) is 6.65. The second kappa shape index (κ2) is 7.45. The van der Waals surface area contributed by atoms with Gasteiger partial charge in [0.2, 0.25) is 15.9 Å². The number of hydrogen-bond acceptors (Lipinski definition) is 3. The number of carbonyl (C=O) groups excluding carboxylic acids is 1. The van der Waals surface area contributed by atoms with Crippen LogP contribution in [0.15, 0.2) is 18.2 Å². The molecule has 0 unspecified atom stereocenters. The highest BCUT2D eigenvalue weighted by Crippen LogP contribution is 2.23. The van der Waals surface area contributed by atoms with E-state index in [1.165, 1.54) is 4.31 Å². The van der Waals surface area contributed by atoms with Crippen LogP contribution >= 0.6 is 0 Å². The summed E-state index contributed by atoms with van der Waals surface area (Å²) in [6.07, 6.45) is 2.74. The van der Waals surface area contributed by atoms with Crippen molar-refractivity contribution in [1.29, 1.82) is 0 Å². The molecule has 0 saturated carbocycles. The Labute approximate surface area is 140 Å². The number of aryl methyl sites for hydroxylation is 2. The maximum absolute atomic E-state index is 12.4. The molecule has 0 aliphatic carbocycles. The summed E-state index contributed by atoms with van der Waals surface area (Å²) in [6, 6.07) is 5.94. The molecular weight excluding hydrogens is 312 g/mol. The first-order chi connectivity index (χ1) is 10.5. The summed E-state index contributed by atoms with van der Waals surface area (Å²) in [5.74, 6) is -0.319. The molecule has 1 aromatic carbocycles. The largest absolute Gasteiger partial charge is 0.324 e. The molecule has 0 aliphatic heterocycles. The smallest absolute Gasteiger partial charge is 0.239 e. The number of nitrogens with zero attached hydrogens (tertiary/aromatic N) is 1. The van der Waals surface area contributed by atoms with Gasteiger partial charge in [0.15, 0.2) is 0 Å². The van der Waals surface area contributed by atoms with Gasteiger partial charge in [-0.15, -0.1) is 0 Å². The van der Waals surface area contributed by atoms with E-state index in [2.05, 4.69) is 5.32 Å². The van der Waals surface area contributed by atoms with Crippen LogP contribution in [0.3, 0.4) is 0 Å². The Morgan fingerprint density at radius 1 is 1.13 bits per heavy atom. The van der Waals surface area contributed by atoms with Gasteiger partial charge in [0, 0.05) is 11.2 Å². The van der Waals surface area contributed by atoms with Crippen molar-refractivity contribution in [2.45, 2.75) is 53.0 Å². The van der Waals surface area contributed by atoms with E-state index in [1.54, 1.807) is 20.8 Å². The molecule has 0 saturated heterocycles. The van der Waals surface area contributed by atoms with Gasteiger partial charge in [0.25, 0.3) is 0 Å². The zero-order valence-corrected chi connectivity index (χ0v) is 15.8. The van der Waals surface area contributed by atoms with Crippen molar-refractivity contribution in [1.82, 2.24) is 4.31 Å². The lowest BCUT2D eigenvalue weighted by Gasteiger charge is -2.32. The predicted molar refractivity (Wildman–Crippen MR) is 95.1 cm³/mol. The van der Waals surface area contributed by atoms with Crippen molar-refractivity contribution in [3.8, 4) is 0 Å². The van der Waals surface area contributed by atoms with E-state index in [9.17, 15) is 13.2 Å². The van der Waals surface area contributed by atoms with Crippen LogP contribution in [0.4, 0.5) is 5.69 Å². The van der Waals surface area contributed by atoms with Gasteiger partial charge in [-0.25, -0.2) is 8.42 Å². The molecule has 23 heavy (non-hydrogen) atoms. The summed E-state index contributed by atoms with van der Waals surface area (Å²) in [5.41, 5.74) is 2.27. The van der Waals surface area contributed by atoms with Crippen LogP contribution in [0.1, 0.15) is 45.7 Å². The molecule has 0 aliphatic rings. The van der Waals surface area contributed by atoms with Crippen LogP contribution in [-0.2, 0) is 27.7 Å². The van der Waals surface area contributed by atoms with Crippen LogP contribution in [0, 0.1) is 0 Å². The number of sulfonamides is 1. The van der Waals surface area contributed by atoms with E-state index < -0.39 is 15.6 Å². The molecule has 1 amide bonds. The summed E-state index contributed by atoms with van der Waals surface area (Å²) in [5, 5.41) is 2.91. The number of para-hydroxylation sites is 1. The molecule has 0 atom stereocenters. The van der Waals surface area contributed by atoms with E-state index >= 15 is 0 Å². The van der Waals surface area contributed by atoms with Crippen LogP contribution in [0.25, 0.3) is 0 Å². The summed E-state index contributed by atoms with van der Waals surface area (Å²) < 4.78 is 25.1. The molecular formula is C17H28N2O3S. The number of nitrogens with one attached hydrogen (secondary N) is 1. The number of amides is 1. The van der Waals surface area contributed by atoms with Crippen molar-refractivity contribution in [3.05, 3.63) is 29.3 Å². The average Bonchev–Trinajstić information content (AvgIpc) is 2.42. The lowest BCUT2D eigenvalue weighted by atomic mass is 10.0. The van der Waals surface area contributed by atoms with Crippen LogP contribution in [-0.4, -0.2) is 37.0 Å². The number of benzene rings is 1. The van der Waals surface area contributed by atoms with Crippen molar-refractivity contribution < 1.29 is 13.2 Å². The summed E-state index contributed by atoms with van der Waals surface area (Å²) in [4.78, 5) is 12.4. The highest BCUT2D eigenvalue weighted by atomic mass is 32.2. The summed E-state index contributed by atoms with van der Waals surface area (Å²) >= 11 is 0. The minimum atomic E-state index is -3.47.